The summed E-state index contributed by atoms with van der Waals surface area (Å²) in [7, 11) is 1.64. The molecule has 2 heterocycles. The van der Waals surface area contributed by atoms with Crippen LogP contribution >= 0.6 is 0 Å². The van der Waals surface area contributed by atoms with Gasteiger partial charge in [0, 0.05) is 46.5 Å². The molecule has 0 spiro atoms. The zero-order valence-corrected chi connectivity index (χ0v) is 31.0. The first kappa shape index (κ1) is 34.7. The molecule has 4 aromatic carbocycles. The number of benzene rings is 4. The van der Waals surface area contributed by atoms with Gasteiger partial charge in [-0.15, -0.1) is 0 Å². The molecule has 5 N–H and O–H groups in total. The first-order valence-electron chi connectivity index (χ1n) is 18.4. The van der Waals surface area contributed by atoms with Crippen molar-refractivity contribution in [1.82, 2.24) is 19.5 Å². The normalized spacial score (nSPS) is 16.2. The topological polar surface area (TPSA) is 157 Å². The number of nitrogen functional groups attached to an aromatic ring is 1. The van der Waals surface area contributed by atoms with Gasteiger partial charge in [0.2, 0.25) is 17.8 Å². The van der Waals surface area contributed by atoms with Crippen molar-refractivity contribution in [2.75, 3.05) is 21.7 Å². The summed E-state index contributed by atoms with van der Waals surface area (Å²) in [6.07, 6.45) is 4.42. The molecular weight excluding hydrogens is 677 g/mol. The van der Waals surface area contributed by atoms with Crippen molar-refractivity contribution in [2.24, 2.45) is 13.0 Å². The molecule has 2 aliphatic carbocycles. The zero-order chi connectivity index (χ0) is 37.8. The molecule has 8 rings (SSSR count). The molecule has 0 atom stereocenters. The van der Waals surface area contributed by atoms with Crippen molar-refractivity contribution in [3.63, 3.8) is 0 Å². The summed E-state index contributed by atoms with van der Waals surface area (Å²) in [5.41, 5.74) is 13.4. The number of aromatic nitrogens is 4. The van der Waals surface area contributed by atoms with Crippen molar-refractivity contribution in [3.8, 4) is 11.1 Å². The molecule has 0 amide bonds. The summed E-state index contributed by atoms with van der Waals surface area (Å²) in [4.78, 5) is 56.2. The summed E-state index contributed by atoms with van der Waals surface area (Å²) in [5.74, 6) is 1.00. The Hall–Kier alpha value is -6.36. The van der Waals surface area contributed by atoms with Crippen LogP contribution in [0.25, 0.3) is 22.0 Å². The molecule has 11 nitrogen and oxygen atoms in total. The van der Waals surface area contributed by atoms with Crippen LogP contribution in [0.4, 0.5) is 34.9 Å². The summed E-state index contributed by atoms with van der Waals surface area (Å²) in [5, 5.41) is 10.9. The van der Waals surface area contributed by atoms with E-state index in [1.165, 1.54) is 4.57 Å². The van der Waals surface area contributed by atoms with Crippen molar-refractivity contribution in [3.05, 3.63) is 122 Å². The third kappa shape index (κ3) is 6.15. The molecule has 1 fully saturated rings. The standard InChI is InChI=1S/C43H42N8O3/c1-22-13-15-27(16-14-22)45-42-48-41(44)49-43(50-42)47-32-21-31(24(3)20-25(32)4)46-30-17-18-33-36-34(28-11-6-7-12-29(28)39(53)35(30)36)37(40(54)51(33)5)38(52)26-10-8-9-23(2)19-26/h6-12,17-22,27,46H,13-16H2,1-5H3,(H4,44,45,47,48,49,50). The molecule has 1 saturated carbocycles. The SMILES string of the molecule is Cc1cccc(C(=O)c2c3c4c(c(Nc5cc(Nc6nc(N)nc(NC7CCC(C)CC7)n6)c(C)cc5C)ccc4n(C)c2=O)C(=O)c2ccccc2-3)c1. The van der Waals surface area contributed by atoms with Crippen LogP contribution < -0.4 is 27.2 Å². The first-order valence-corrected chi connectivity index (χ1v) is 18.4. The Kier molecular flexibility index (Phi) is 8.72. The van der Waals surface area contributed by atoms with E-state index in [9.17, 15) is 14.4 Å². The number of fused-ring (bicyclic) bond motifs is 2. The Morgan fingerprint density at radius 2 is 1.46 bits per heavy atom. The van der Waals surface area contributed by atoms with Crippen LogP contribution in [0.15, 0.2) is 77.6 Å². The molecule has 6 aromatic rings. The lowest BCUT2D eigenvalue weighted by Crippen LogP contribution is -2.29. The number of ketones is 2. The van der Waals surface area contributed by atoms with Gasteiger partial charge >= 0.3 is 0 Å². The van der Waals surface area contributed by atoms with Crippen LogP contribution in [-0.2, 0) is 7.05 Å². The number of pyridine rings is 1. The van der Waals surface area contributed by atoms with Crippen molar-refractivity contribution < 1.29 is 9.59 Å². The Morgan fingerprint density at radius 1 is 0.759 bits per heavy atom. The van der Waals surface area contributed by atoms with Crippen LogP contribution in [0.5, 0.6) is 0 Å². The van der Waals surface area contributed by atoms with Crippen LogP contribution in [-0.4, -0.2) is 37.1 Å². The van der Waals surface area contributed by atoms with Crippen LogP contribution in [0.1, 0.15) is 81.1 Å². The summed E-state index contributed by atoms with van der Waals surface area (Å²) >= 11 is 0. The number of nitrogens with two attached hydrogens (primary N) is 1. The maximum Gasteiger partial charge on any atom is 0.262 e. The van der Waals surface area contributed by atoms with Gasteiger partial charge in [-0.25, -0.2) is 0 Å². The van der Waals surface area contributed by atoms with E-state index in [-0.39, 0.29) is 29.1 Å². The van der Waals surface area contributed by atoms with Gasteiger partial charge in [-0.05, 0) is 93.3 Å². The summed E-state index contributed by atoms with van der Waals surface area (Å²) in [6, 6.07) is 22.3. The van der Waals surface area contributed by atoms with Gasteiger partial charge in [-0.3, -0.25) is 14.4 Å². The van der Waals surface area contributed by atoms with Crippen LogP contribution in [0.3, 0.4) is 0 Å². The molecular formula is C43H42N8O3. The Bertz CT molecular complexity index is 2590. The molecule has 2 aliphatic rings. The van der Waals surface area contributed by atoms with Gasteiger partial charge in [0.15, 0.2) is 11.6 Å². The molecule has 0 bridgehead atoms. The number of anilines is 6. The monoisotopic (exact) mass is 718 g/mol. The third-order valence-corrected chi connectivity index (χ3v) is 10.8. The third-order valence-electron chi connectivity index (χ3n) is 10.8. The molecule has 0 radical (unpaired) electrons. The lowest BCUT2D eigenvalue weighted by Gasteiger charge is -2.27. The van der Waals surface area contributed by atoms with Gasteiger partial charge < -0.3 is 26.3 Å². The fourth-order valence-electron chi connectivity index (χ4n) is 7.90. The van der Waals surface area contributed by atoms with E-state index in [1.807, 2.05) is 63.2 Å². The quantitative estimate of drug-likeness (QED) is 0.113. The second-order valence-corrected chi connectivity index (χ2v) is 14.7. The van der Waals surface area contributed by atoms with Gasteiger partial charge in [-0.1, -0.05) is 61.0 Å². The minimum Gasteiger partial charge on any atom is -0.368 e. The van der Waals surface area contributed by atoms with Crippen LogP contribution in [0, 0.1) is 26.7 Å². The number of hydrogen-bond acceptors (Lipinski definition) is 10. The number of aryl methyl sites for hydroxylation is 4. The lowest BCUT2D eigenvalue weighted by molar-refractivity contribution is 0.102. The predicted octanol–water partition coefficient (Wildman–Crippen LogP) is 8.15. The Morgan fingerprint density at radius 3 is 2.20 bits per heavy atom. The number of nitrogens with zero attached hydrogens (tertiary/aromatic N) is 4. The Balaban J connectivity index is 1.22. The molecule has 0 unspecified atom stereocenters. The van der Waals surface area contributed by atoms with Gasteiger partial charge in [0.05, 0.1) is 22.3 Å². The van der Waals surface area contributed by atoms with Crippen molar-refractivity contribution in [2.45, 2.75) is 59.4 Å². The second-order valence-electron chi connectivity index (χ2n) is 14.7. The summed E-state index contributed by atoms with van der Waals surface area (Å²) in [6.45, 7) is 8.17. The van der Waals surface area contributed by atoms with Crippen molar-refractivity contribution >= 4 is 57.4 Å². The zero-order valence-electron chi connectivity index (χ0n) is 31.0. The van der Waals surface area contributed by atoms with E-state index < -0.39 is 5.56 Å². The molecule has 11 heteroatoms. The first-order chi connectivity index (χ1) is 26.0. The van der Waals surface area contributed by atoms with Gasteiger partial charge in [0.1, 0.15) is 0 Å². The molecule has 54 heavy (non-hydrogen) atoms. The van der Waals surface area contributed by atoms with E-state index in [0.29, 0.717) is 56.3 Å². The minimum atomic E-state index is -0.421. The smallest absolute Gasteiger partial charge is 0.262 e. The predicted molar refractivity (Wildman–Crippen MR) is 214 cm³/mol. The van der Waals surface area contributed by atoms with E-state index in [4.69, 9.17) is 5.73 Å². The number of nitrogens with one attached hydrogen (secondary N) is 3. The molecule has 0 saturated heterocycles. The highest BCUT2D eigenvalue weighted by Gasteiger charge is 2.34. The Labute approximate surface area is 313 Å². The van der Waals surface area contributed by atoms with E-state index in [1.54, 1.807) is 37.4 Å². The highest BCUT2D eigenvalue weighted by atomic mass is 16.1. The largest absolute Gasteiger partial charge is 0.368 e. The second kappa shape index (κ2) is 13.6. The van der Waals surface area contributed by atoms with Gasteiger partial charge in [-0.2, -0.15) is 15.0 Å². The lowest BCUT2D eigenvalue weighted by atomic mass is 9.80. The molecule has 272 valence electrons. The maximum atomic E-state index is 14.5. The highest BCUT2D eigenvalue weighted by molar-refractivity contribution is 6.31. The van der Waals surface area contributed by atoms with Gasteiger partial charge in [0.25, 0.3) is 5.56 Å². The number of rotatable bonds is 8. The number of carbonyl (C=O) groups is 2. The van der Waals surface area contributed by atoms with E-state index >= 15 is 0 Å². The molecule has 0 aliphatic heterocycles. The maximum absolute atomic E-state index is 14.5. The van der Waals surface area contributed by atoms with Crippen molar-refractivity contribution in [1.29, 1.82) is 0 Å². The van der Waals surface area contributed by atoms with E-state index in [2.05, 4.69) is 37.8 Å². The fourth-order valence-corrected chi connectivity index (χ4v) is 7.90. The number of hydrogen-bond donors (Lipinski definition) is 4. The van der Waals surface area contributed by atoms with E-state index in [0.717, 1.165) is 59.7 Å². The fraction of sp³-hybridized carbons (Fsp3) is 0.256. The average Bonchev–Trinajstić information content (AvgIpc) is 3.14. The van der Waals surface area contributed by atoms with Crippen LogP contribution in [0.2, 0.25) is 0 Å². The average molecular weight is 719 g/mol. The minimum absolute atomic E-state index is 0.0375. The molecule has 2 aromatic heterocycles. The number of carbonyl (C=O) groups excluding carboxylic acids is 2. The highest BCUT2D eigenvalue weighted by Crippen LogP contribution is 2.44. The summed E-state index contributed by atoms with van der Waals surface area (Å²) < 4.78 is 1.47.